The van der Waals surface area contributed by atoms with Crippen LogP contribution in [0.1, 0.15) is 17.5 Å². The lowest BCUT2D eigenvalue weighted by molar-refractivity contribution is -0.137. The molecule has 0 fully saturated rings. The Morgan fingerprint density at radius 2 is 1.50 bits per heavy atom. The summed E-state index contributed by atoms with van der Waals surface area (Å²) >= 11 is 0. The van der Waals surface area contributed by atoms with Crippen molar-refractivity contribution in [2.75, 3.05) is 0 Å². The van der Waals surface area contributed by atoms with Gasteiger partial charge in [0.05, 0.1) is 14.5 Å². The topological polar surface area (TPSA) is 37.3 Å². The summed E-state index contributed by atoms with van der Waals surface area (Å²) < 4.78 is 0. The lowest BCUT2D eigenvalue weighted by Crippen LogP contribution is -2.48. The van der Waals surface area contributed by atoms with Gasteiger partial charge in [0.2, 0.25) is 0 Å². The second-order valence-corrected chi connectivity index (χ2v) is 10.4. The van der Waals surface area contributed by atoms with E-state index in [1.54, 1.807) is 0 Å². The third-order valence-corrected chi connectivity index (χ3v) is 8.07. The first-order valence-corrected chi connectivity index (χ1v) is 9.92. The van der Waals surface area contributed by atoms with Crippen LogP contribution < -0.4 is 5.19 Å². The molecule has 0 radical (unpaired) electrons. The van der Waals surface area contributed by atoms with Gasteiger partial charge in [-0.25, -0.2) is 0 Å². The maximum absolute atomic E-state index is 11.3. The molecule has 0 bridgehead atoms. The summed E-state index contributed by atoms with van der Waals surface area (Å²) in [6, 6.07) is 20.4. The van der Waals surface area contributed by atoms with Crippen molar-refractivity contribution >= 4 is 19.2 Å². The van der Waals surface area contributed by atoms with Gasteiger partial charge in [0, 0.05) is 0 Å². The van der Waals surface area contributed by atoms with Gasteiger partial charge in [-0.3, -0.25) is 4.79 Å². The van der Waals surface area contributed by atoms with Crippen LogP contribution in [-0.2, 0) is 4.79 Å². The fourth-order valence-electron chi connectivity index (χ4n) is 2.72. The highest BCUT2D eigenvalue weighted by molar-refractivity contribution is 6.91. The standard InChI is InChI=1S/C17H20O2Si/c1-20(2,15-11-7-4-8-12-15)16(13-17(18)19)14-9-5-3-6-10-14/h3-12,16H,13H2,1-2H3,(H,18,19)/t16-/m0/s1. The van der Waals surface area contributed by atoms with Gasteiger partial charge in [0.15, 0.2) is 0 Å². The summed E-state index contributed by atoms with van der Waals surface area (Å²) in [6.45, 7) is 4.51. The first-order valence-electron chi connectivity index (χ1n) is 6.84. The van der Waals surface area contributed by atoms with Crippen molar-refractivity contribution in [1.29, 1.82) is 0 Å². The molecule has 0 saturated carbocycles. The Morgan fingerprint density at radius 1 is 1.00 bits per heavy atom. The van der Waals surface area contributed by atoms with E-state index in [4.69, 9.17) is 0 Å². The molecular formula is C17H20O2Si. The van der Waals surface area contributed by atoms with Crippen molar-refractivity contribution in [3.8, 4) is 0 Å². The minimum Gasteiger partial charge on any atom is -0.481 e. The third-order valence-electron chi connectivity index (χ3n) is 3.97. The number of benzene rings is 2. The minimum atomic E-state index is -1.89. The quantitative estimate of drug-likeness (QED) is 0.854. The average Bonchev–Trinajstić information content (AvgIpc) is 2.46. The third kappa shape index (κ3) is 3.17. The average molecular weight is 284 g/mol. The minimum absolute atomic E-state index is 0.0867. The fraction of sp³-hybridized carbons (Fsp3) is 0.235. The molecule has 1 N–H and O–H groups in total. The molecule has 3 heteroatoms. The second-order valence-electron chi connectivity index (χ2n) is 5.65. The summed E-state index contributed by atoms with van der Waals surface area (Å²) in [5, 5.41) is 10.6. The molecule has 2 rings (SSSR count). The molecule has 0 aliphatic rings. The summed E-state index contributed by atoms with van der Waals surface area (Å²) in [6.07, 6.45) is 0.193. The molecule has 0 unspecified atom stereocenters. The predicted molar refractivity (Wildman–Crippen MR) is 85.0 cm³/mol. The number of carboxylic acid groups (broad SMARTS) is 1. The fourth-order valence-corrected chi connectivity index (χ4v) is 5.88. The summed E-state index contributed by atoms with van der Waals surface area (Å²) in [7, 11) is -1.89. The van der Waals surface area contributed by atoms with Crippen LogP contribution in [0.25, 0.3) is 0 Å². The number of hydrogen-bond donors (Lipinski definition) is 1. The Balaban J connectivity index is 2.43. The Bertz CT molecular complexity index is 564. The molecule has 0 aromatic heterocycles. The number of aliphatic carboxylic acids is 1. The van der Waals surface area contributed by atoms with Crippen LogP contribution in [-0.4, -0.2) is 19.1 Å². The summed E-state index contributed by atoms with van der Waals surface area (Å²) in [5.41, 5.74) is 1.22. The largest absolute Gasteiger partial charge is 0.481 e. The SMILES string of the molecule is C[Si](C)(c1ccccc1)[C@@H](CC(=O)O)c1ccccc1. The molecule has 0 aliphatic carbocycles. The van der Waals surface area contributed by atoms with Crippen LogP contribution >= 0.6 is 0 Å². The predicted octanol–water partition coefficient (Wildman–Crippen LogP) is 3.40. The molecule has 2 aromatic carbocycles. The van der Waals surface area contributed by atoms with Gasteiger partial charge >= 0.3 is 5.97 Å². The molecule has 1 atom stereocenters. The normalized spacial score (nSPS) is 12.9. The van der Waals surface area contributed by atoms with E-state index in [0.29, 0.717) is 0 Å². The summed E-state index contributed by atoms with van der Waals surface area (Å²) in [5.74, 6) is -0.727. The number of carboxylic acids is 1. The van der Waals surface area contributed by atoms with Gasteiger partial charge in [0.1, 0.15) is 0 Å². The smallest absolute Gasteiger partial charge is 0.303 e. The number of carbonyl (C=O) groups is 1. The lowest BCUT2D eigenvalue weighted by atomic mass is 10.1. The molecule has 0 amide bonds. The van der Waals surface area contributed by atoms with E-state index in [1.165, 1.54) is 5.19 Å². The van der Waals surface area contributed by atoms with Crippen LogP contribution in [0, 0.1) is 0 Å². The van der Waals surface area contributed by atoms with Gasteiger partial charge < -0.3 is 5.11 Å². The van der Waals surface area contributed by atoms with Gasteiger partial charge in [0.25, 0.3) is 0 Å². The lowest BCUT2D eigenvalue weighted by Gasteiger charge is -2.32. The Labute approximate surface area is 121 Å². The molecule has 2 aromatic rings. The highest BCUT2D eigenvalue weighted by Crippen LogP contribution is 2.30. The maximum Gasteiger partial charge on any atom is 0.303 e. The Morgan fingerprint density at radius 3 is 2.00 bits per heavy atom. The summed E-state index contributed by atoms with van der Waals surface area (Å²) in [4.78, 5) is 11.3. The Hall–Kier alpha value is -1.87. The molecule has 0 spiro atoms. The highest BCUT2D eigenvalue weighted by Gasteiger charge is 2.35. The molecule has 0 saturated heterocycles. The molecule has 0 heterocycles. The van der Waals surface area contributed by atoms with Gasteiger partial charge in [-0.2, -0.15) is 0 Å². The van der Waals surface area contributed by atoms with E-state index in [9.17, 15) is 9.90 Å². The van der Waals surface area contributed by atoms with E-state index in [1.807, 2.05) is 48.5 Å². The van der Waals surface area contributed by atoms with Crippen molar-refractivity contribution in [3.05, 3.63) is 66.2 Å². The monoisotopic (exact) mass is 284 g/mol. The second kappa shape index (κ2) is 6.05. The number of hydrogen-bond acceptors (Lipinski definition) is 1. The zero-order valence-corrected chi connectivity index (χ0v) is 12.9. The highest BCUT2D eigenvalue weighted by atomic mass is 28.3. The van der Waals surface area contributed by atoms with Crippen LogP contribution in [0.3, 0.4) is 0 Å². The maximum atomic E-state index is 11.3. The zero-order valence-electron chi connectivity index (χ0n) is 11.9. The van der Waals surface area contributed by atoms with E-state index in [2.05, 4.69) is 25.2 Å². The van der Waals surface area contributed by atoms with Crippen molar-refractivity contribution in [2.24, 2.45) is 0 Å². The van der Waals surface area contributed by atoms with Crippen LogP contribution in [0.2, 0.25) is 13.1 Å². The van der Waals surface area contributed by atoms with Gasteiger partial charge in [-0.05, 0) is 11.1 Å². The van der Waals surface area contributed by atoms with Crippen LogP contribution in [0.5, 0.6) is 0 Å². The van der Waals surface area contributed by atoms with E-state index in [-0.39, 0.29) is 12.0 Å². The van der Waals surface area contributed by atoms with Crippen molar-refractivity contribution in [2.45, 2.75) is 25.1 Å². The zero-order chi connectivity index (χ0) is 14.6. The number of rotatable bonds is 5. The van der Waals surface area contributed by atoms with Gasteiger partial charge in [-0.1, -0.05) is 78.9 Å². The molecule has 0 aliphatic heterocycles. The van der Waals surface area contributed by atoms with Crippen LogP contribution in [0.15, 0.2) is 60.7 Å². The van der Waals surface area contributed by atoms with Gasteiger partial charge in [-0.15, -0.1) is 0 Å². The van der Waals surface area contributed by atoms with Crippen molar-refractivity contribution in [3.63, 3.8) is 0 Å². The van der Waals surface area contributed by atoms with Crippen molar-refractivity contribution in [1.82, 2.24) is 0 Å². The van der Waals surface area contributed by atoms with E-state index >= 15 is 0 Å². The molecule has 2 nitrogen and oxygen atoms in total. The van der Waals surface area contributed by atoms with E-state index in [0.717, 1.165) is 5.56 Å². The molecule has 104 valence electrons. The van der Waals surface area contributed by atoms with E-state index < -0.39 is 14.0 Å². The van der Waals surface area contributed by atoms with Crippen LogP contribution in [0.4, 0.5) is 0 Å². The molecule has 20 heavy (non-hydrogen) atoms. The first kappa shape index (κ1) is 14.5. The Kier molecular flexibility index (Phi) is 4.40. The first-order chi connectivity index (χ1) is 9.51. The van der Waals surface area contributed by atoms with Crippen molar-refractivity contribution < 1.29 is 9.90 Å². The molecular weight excluding hydrogens is 264 g/mol.